The summed E-state index contributed by atoms with van der Waals surface area (Å²) in [5, 5.41) is 5.88. The van der Waals surface area contributed by atoms with E-state index in [2.05, 4.69) is 17.6 Å². The predicted octanol–water partition coefficient (Wildman–Crippen LogP) is 0.465. The van der Waals surface area contributed by atoms with Gasteiger partial charge in [0.05, 0.1) is 5.75 Å². The second-order valence-corrected chi connectivity index (χ2v) is 3.72. The van der Waals surface area contributed by atoms with Gasteiger partial charge in [0.2, 0.25) is 5.91 Å². The first-order valence-corrected chi connectivity index (χ1v) is 5.45. The van der Waals surface area contributed by atoms with E-state index in [1.807, 2.05) is 7.05 Å². The number of nitrogens with one attached hydrogen (secondary N) is 2. The maximum absolute atomic E-state index is 11.0. The summed E-state index contributed by atoms with van der Waals surface area (Å²) in [6.07, 6.45) is 0.999. The van der Waals surface area contributed by atoms with Crippen LogP contribution in [0, 0.1) is 0 Å². The maximum atomic E-state index is 11.0. The van der Waals surface area contributed by atoms with Gasteiger partial charge >= 0.3 is 0 Å². The fourth-order valence-electron chi connectivity index (χ4n) is 0.739. The van der Waals surface area contributed by atoms with Crippen LogP contribution in [0.1, 0.15) is 13.3 Å². The average molecular weight is 190 g/mol. The van der Waals surface area contributed by atoms with Crippen molar-refractivity contribution in [3.63, 3.8) is 0 Å². The van der Waals surface area contributed by atoms with E-state index in [1.54, 1.807) is 11.8 Å². The zero-order valence-electron chi connectivity index (χ0n) is 7.85. The Morgan fingerprint density at radius 3 is 2.75 bits per heavy atom. The molecular weight excluding hydrogens is 172 g/mol. The minimum Gasteiger partial charge on any atom is -0.355 e. The lowest BCUT2D eigenvalue weighted by molar-refractivity contribution is -0.118. The molecule has 0 aliphatic carbocycles. The van der Waals surface area contributed by atoms with Gasteiger partial charge in [0.1, 0.15) is 0 Å². The molecule has 0 heterocycles. The molecule has 0 aromatic heterocycles. The number of thioether (sulfide) groups is 1. The average Bonchev–Trinajstić information content (AvgIpc) is 2.09. The van der Waals surface area contributed by atoms with Crippen molar-refractivity contribution in [1.82, 2.24) is 10.6 Å². The van der Waals surface area contributed by atoms with Crippen LogP contribution in [0.4, 0.5) is 0 Å². The summed E-state index contributed by atoms with van der Waals surface area (Å²) in [4.78, 5) is 11.0. The van der Waals surface area contributed by atoms with Crippen LogP contribution >= 0.6 is 11.8 Å². The van der Waals surface area contributed by atoms with Gasteiger partial charge in [-0.3, -0.25) is 4.79 Å². The highest BCUT2D eigenvalue weighted by Gasteiger charge is 1.97. The fourth-order valence-corrected chi connectivity index (χ4v) is 1.23. The standard InChI is InChI=1S/C8H18N2OS/c1-3-12-7-8(11)10-6-4-5-9-2/h9H,3-7H2,1-2H3,(H,10,11). The van der Waals surface area contributed by atoms with Crippen molar-refractivity contribution in [3.8, 4) is 0 Å². The van der Waals surface area contributed by atoms with Crippen molar-refractivity contribution in [2.45, 2.75) is 13.3 Å². The van der Waals surface area contributed by atoms with Crippen molar-refractivity contribution in [3.05, 3.63) is 0 Å². The van der Waals surface area contributed by atoms with Gasteiger partial charge < -0.3 is 10.6 Å². The molecule has 0 unspecified atom stereocenters. The van der Waals surface area contributed by atoms with E-state index in [0.29, 0.717) is 5.75 Å². The summed E-state index contributed by atoms with van der Waals surface area (Å²) in [5.74, 6) is 1.75. The molecular formula is C8H18N2OS. The quantitative estimate of drug-likeness (QED) is 0.573. The minimum atomic E-state index is 0.151. The molecule has 2 N–H and O–H groups in total. The molecule has 0 radical (unpaired) electrons. The van der Waals surface area contributed by atoms with E-state index in [-0.39, 0.29) is 5.91 Å². The minimum absolute atomic E-state index is 0.151. The molecule has 0 aromatic rings. The highest BCUT2D eigenvalue weighted by Crippen LogP contribution is 1.96. The topological polar surface area (TPSA) is 41.1 Å². The number of carbonyl (C=O) groups is 1. The predicted molar refractivity (Wildman–Crippen MR) is 54.6 cm³/mol. The zero-order chi connectivity index (χ0) is 9.23. The molecule has 0 saturated carbocycles. The van der Waals surface area contributed by atoms with Gasteiger partial charge in [-0.25, -0.2) is 0 Å². The van der Waals surface area contributed by atoms with Crippen LogP contribution in [0.15, 0.2) is 0 Å². The molecule has 0 atom stereocenters. The van der Waals surface area contributed by atoms with E-state index >= 15 is 0 Å². The third-order valence-corrected chi connectivity index (χ3v) is 2.24. The summed E-state index contributed by atoms with van der Waals surface area (Å²) in [7, 11) is 1.91. The number of hydrogen-bond donors (Lipinski definition) is 2. The number of rotatable bonds is 7. The van der Waals surface area contributed by atoms with Crippen molar-refractivity contribution >= 4 is 17.7 Å². The van der Waals surface area contributed by atoms with E-state index in [0.717, 1.165) is 25.3 Å². The first kappa shape index (κ1) is 11.8. The van der Waals surface area contributed by atoms with Crippen LogP contribution in [0.5, 0.6) is 0 Å². The van der Waals surface area contributed by atoms with Crippen LogP contribution in [0.2, 0.25) is 0 Å². The summed E-state index contributed by atoms with van der Waals surface area (Å²) in [6.45, 7) is 3.80. The molecule has 0 fully saturated rings. The monoisotopic (exact) mass is 190 g/mol. The van der Waals surface area contributed by atoms with Gasteiger partial charge in [0.15, 0.2) is 0 Å². The van der Waals surface area contributed by atoms with E-state index < -0.39 is 0 Å². The Balaban J connectivity index is 3.08. The highest BCUT2D eigenvalue weighted by atomic mass is 32.2. The molecule has 0 spiro atoms. The van der Waals surface area contributed by atoms with Crippen LogP contribution in [-0.2, 0) is 4.79 Å². The normalized spacial score (nSPS) is 9.83. The lowest BCUT2D eigenvalue weighted by Crippen LogP contribution is -2.28. The molecule has 0 rings (SSSR count). The summed E-state index contributed by atoms with van der Waals surface area (Å²) in [6, 6.07) is 0. The van der Waals surface area contributed by atoms with Gasteiger partial charge in [0, 0.05) is 6.54 Å². The largest absolute Gasteiger partial charge is 0.355 e. The maximum Gasteiger partial charge on any atom is 0.229 e. The van der Waals surface area contributed by atoms with E-state index in [1.165, 1.54) is 0 Å². The summed E-state index contributed by atoms with van der Waals surface area (Å²) < 4.78 is 0. The van der Waals surface area contributed by atoms with Gasteiger partial charge in [0.25, 0.3) is 0 Å². The lowest BCUT2D eigenvalue weighted by atomic mass is 10.4. The molecule has 12 heavy (non-hydrogen) atoms. The van der Waals surface area contributed by atoms with Crippen LogP contribution < -0.4 is 10.6 Å². The molecule has 0 bridgehead atoms. The molecule has 4 heteroatoms. The number of carbonyl (C=O) groups excluding carboxylic acids is 1. The number of amides is 1. The molecule has 0 aromatic carbocycles. The zero-order valence-corrected chi connectivity index (χ0v) is 8.67. The molecule has 0 aliphatic rings. The smallest absolute Gasteiger partial charge is 0.229 e. The second-order valence-electron chi connectivity index (χ2n) is 2.44. The van der Waals surface area contributed by atoms with Gasteiger partial charge in [-0.2, -0.15) is 11.8 Å². The van der Waals surface area contributed by atoms with Crippen molar-refractivity contribution in [1.29, 1.82) is 0 Å². The Kier molecular flexibility index (Phi) is 8.71. The molecule has 72 valence electrons. The second kappa shape index (κ2) is 8.87. The highest BCUT2D eigenvalue weighted by molar-refractivity contribution is 7.99. The lowest BCUT2D eigenvalue weighted by Gasteiger charge is -2.03. The molecule has 0 aliphatic heterocycles. The van der Waals surface area contributed by atoms with Crippen molar-refractivity contribution < 1.29 is 4.79 Å². The van der Waals surface area contributed by atoms with E-state index in [9.17, 15) is 4.79 Å². The van der Waals surface area contributed by atoms with Crippen molar-refractivity contribution in [2.24, 2.45) is 0 Å². The fraction of sp³-hybridized carbons (Fsp3) is 0.875. The number of hydrogen-bond acceptors (Lipinski definition) is 3. The third-order valence-electron chi connectivity index (χ3n) is 1.36. The Hall–Kier alpha value is -0.220. The Bertz CT molecular complexity index is 120. The van der Waals surface area contributed by atoms with Crippen LogP contribution in [0.25, 0.3) is 0 Å². The SMILES string of the molecule is CCSCC(=O)NCCCNC. The first-order valence-electron chi connectivity index (χ1n) is 4.30. The Morgan fingerprint density at radius 1 is 1.42 bits per heavy atom. The van der Waals surface area contributed by atoms with Crippen LogP contribution in [0.3, 0.4) is 0 Å². The molecule has 0 saturated heterocycles. The Morgan fingerprint density at radius 2 is 2.17 bits per heavy atom. The first-order chi connectivity index (χ1) is 5.81. The summed E-state index contributed by atoms with van der Waals surface area (Å²) in [5.41, 5.74) is 0. The molecule has 3 nitrogen and oxygen atoms in total. The summed E-state index contributed by atoms with van der Waals surface area (Å²) >= 11 is 1.65. The van der Waals surface area contributed by atoms with Gasteiger partial charge in [-0.05, 0) is 25.8 Å². The van der Waals surface area contributed by atoms with Crippen LogP contribution in [-0.4, -0.2) is 37.6 Å². The van der Waals surface area contributed by atoms with Crippen molar-refractivity contribution in [2.75, 3.05) is 31.6 Å². The third kappa shape index (κ3) is 7.88. The van der Waals surface area contributed by atoms with Gasteiger partial charge in [-0.15, -0.1) is 0 Å². The Labute approximate surface area is 78.7 Å². The van der Waals surface area contributed by atoms with Gasteiger partial charge in [-0.1, -0.05) is 6.92 Å². The molecule has 1 amide bonds. The van der Waals surface area contributed by atoms with E-state index in [4.69, 9.17) is 0 Å².